The lowest BCUT2D eigenvalue weighted by molar-refractivity contribution is -0.150. The summed E-state index contributed by atoms with van der Waals surface area (Å²) < 4.78 is 0. The molecule has 0 aliphatic carbocycles. The second kappa shape index (κ2) is 3.92. The summed E-state index contributed by atoms with van der Waals surface area (Å²) in [6.07, 6.45) is -0.442. The molecule has 4 amide bonds. The number of barbiturate groups is 1. The number of aliphatic carboxylic acids is 1. The summed E-state index contributed by atoms with van der Waals surface area (Å²) in [5.41, 5.74) is -1.49. The molecule has 1 atom stereocenters. The van der Waals surface area contributed by atoms with Crippen molar-refractivity contribution in [1.29, 1.82) is 0 Å². The smallest absolute Gasteiger partial charge is 0.330 e. The molecule has 0 radical (unpaired) electrons. The van der Waals surface area contributed by atoms with Gasteiger partial charge >= 0.3 is 12.0 Å². The Morgan fingerprint density at radius 2 is 2.00 bits per heavy atom. The molecule has 88 valence electrons. The number of carboxylic acid groups (broad SMARTS) is 1. The number of hydrogen-bond donors (Lipinski definition) is 2. The lowest BCUT2D eigenvalue weighted by Gasteiger charge is -2.34. The van der Waals surface area contributed by atoms with Crippen molar-refractivity contribution in [3.63, 3.8) is 0 Å². The molecule has 16 heavy (non-hydrogen) atoms. The Balaban J connectivity index is 2.92. The monoisotopic (exact) mass is 228 g/mol. The van der Waals surface area contributed by atoms with Crippen LogP contribution in [0.3, 0.4) is 0 Å². The van der Waals surface area contributed by atoms with Crippen molar-refractivity contribution in [3.8, 4) is 0 Å². The number of carbonyl (C=O) groups excluding carboxylic acids is 3. The van der Waals surface area contributed by atoms with Gasteiger partial charge in [-0.1, -0.05) is 0 Å². The van der Waals surface area contributed by atoms with Crippen LogP contribution in [0.2, 0.25) is 0 Å². The summed E-state index contributed by atoms with van der Waals surface area (Å²) in [4.78, 5) is 45.6. The maximum Gasteiger partial charge on any atom is 0.330 e. The number of carbonyl (C=O) groups is 4. The zero-order valence-corrected chi connectivity index (χ0v) is 8.94. The number of rotatable bonds is 3. The summed E-state index contributed by atoms with van der Waals surface area (Å²) >= 11 is 0. The maximum absolute atomic E-state index is 11.7. The lowest BCUT2D eigenvalue weighted by Crippen LogP contribution is -2.61. The van der Waals surface area contributed by atoms with E-state index < -0.39 is 29.2 Å². The molecule has 1 saturated heterocycles. The third-order valence-corrected chi connectivity index (χ3v) is 2.64. The van der Waals surface area contributed by atoms with Crippen molar-refractivity contribution >= 4 is 23.8 Å². The molecule has 0 aromatic heterocycles. The highest BCUT2D eigenvalue weighted by Crippen LogP contribution is 2.28. The van der Waals surface area contributed by atoms with Crippen molar-refractivity contribution in [2.45, 2.75) is 19.8 Å². The van der Waals surface area contributed by atoms with Crippen molar-refractivity contribution in [3.05, 3.63) is 0 Å². The van der Waals surface area contributed by atoms with E-state index in [1.807, 2.05) is 5.32 Å². The first-order valence-corrected chi connectivity index (χ1v) is 4.64. The summed E-state index contributed by atoms with van der Waals surface area (Å²) in [5, 5.41) is 10.5. The van der Waals surface area contributed by atoms with Crippen LogP contribution in [0.5, 0.6) is 0 Å². The average Bonchev–Trinajstić information content (AvgIpc) is 2.21. The molecule has 0 spiro atoms. The van der Waals surface area contributed by atoms with E-state index in [0.29, 0.717) is 0 Å². The van der Waals surface area contributed by atoms with Crippen molar-refractivity contribution in [2.24, 2.45) is 5.41 Å². The van der Waals surface area contributed by atoms with Crippen LogP contribution in [0.15, 0.2) is 0 Å². The Morgan fingerprint density at radius 3 is 2.50 bits per heavy atom. The summed E-state index contributed by atoms with van der Waals surface area (Å²) in [7, 11) is 1.24. The fourth-order valence-corrected chi connectivity index (χ4v) is 1.46. The first-order valence-electron chi connectivity index (χ1n) is 4.64. The van der Waals surface area contributed by atoms with Gasteiger partial charge in [0.05, 0.1) is 0 Å². The Hall–Kier alpha value is -1.92. The highest BCUT2D eigenvalue weighted by atomic mass is 16.4. The van der Waals surface area contributed by atoms with E-state index in [4.69, 9.17) is 5.11 Å². The van der Waals surface area contributed by atoms with Gasteiger partial charge in [0.15, 0.2) is 0 Å². The lowest BCUT2D eigenvalue weighted by atomic mass is 9.81. The summed E-state index contributed by atoms with van der Waals surface area (Å²) in [6.45, 7) is 1.33. The second-order valence-corrected chi connectivity index (χ2v) is 3.85. The fraction of sp³-hybridized carbons (Fsp3) is 0.556. The van der Waals surface area contributed by atoms with Gasteiger partial charge in [-0.25, -0.2) is 4.79 Å². The minimum atomic E-state index is -1.49. The molecule has 1 heterocycles. The number of carboxylic acids is 1. The number of urea groups is 1. The maximum atomic E-state index is 11.7. The number of hydrogen-bond acceptors (Lipinski definition) is 4. The average molecular weight is 228 g/mol. The zero-order chi connectivity index (χ0) is 12.5. The van der Waals surface area contributed by atoms with Crippen LogP contribution in [-0.4, -0.2) is 40.9 Å². The third kappa shape index (κ3) is 1.88. The molecule has 2 N–H and O–H groups in total. The molecule has 0 saturated carbocycles. The van der Waals surface area contributed by atoms with Gasteiger partial charge in [0.25, 0.3) is 0 Å². The van der Waals surface area contributed by atoms with Crippen molar-refractivity contribution in [2.75, 3.05) is 7.05 Å². The largest absolute Gasteiger partial charge is 0.481 e. The van der Waals surface area contributed by atoms with Gasteiger partial charge in [0.2, 0.25) is 11.8 Å². The van der Waals surface area contributed by atoms with E-state index in [2.05, 4.69) is 0 Å². The third-order valence-electron chi connectivity index (χ3n) is 2.64. The van der Waals surface area contributed by atoms with Gasteiger partial charge in [0, 0.05) is 13.5 Å². The molecular weight excluding hydrogens is 216 g/mol. The van der Waals surface area contributed by atoms with Crippen LogP contribution < -0.4 is 5.32 Å². The van der Waals surface area contributed by atoms with Crippen LogP contribution >= 0.6 is 0 Å². The normalized spacial score (nSPS) is 25.6. The van der Waals surface area contributed by atoms with Crippen LogP contribution in [0.4, 0.5) is 4.79 Å². The molecule has 7 heteroatoms. The van der Waals surface area contributed by atoms with Crippen molar-refractivity contribution in [1.82, 2.24) is 10.2 Å². The number of nitrogens with one attached hydrogen (secondary N) is 1. The minimum Gasteiger partial charge on any atom is -0.481 e. The molecule has 0 aromatic rings. The van der Waals surface area contributed by atoms with Crippen LogP contribution in [0.1, 0.15) is 19.8 Å². The molecule has 0 bridgehead atoms. The van der Waals surface area contributed by atoms with Gasteiger partial charge in [-0.3, -0.25) is 24.6 Å². The first kappa shape index (κ1) is 12.2. The van der Waals surface area contributed by atoms with E-state index in [-0.39, 0.29) is 12.8 Å². The molecule has 1 fully saturated rings. The van der Waals surface area contributed by atoms with Crippen LogP contribution in [-0.2, 0) is 14.4 Å². The Morgan fingerprint density at radius 1 is 1.44 bits per heavy atom. The number of nitrogens with zero attached hydrogens (tertiary/aromatic N) is 1. The Labute approximate surface area is 91.4 Å². The molecule has 1 unspecified atom stereocenters. The van der Waals surface area contributed by atoms with E-state index in [1.165, 1.54) is 14.0 Å². The predicted octanol–water partition coefficient (Wildman–Crippen LogP) is -0.434. The van der Waals surface area contributed by atoms with Gasteiger partial charge < -0.3 is 5.11 Å². The van der Waals surface area contributed by atoms with Gasteiger partial charge in [-0.15, -0.1) is 0 Å². The quantitative estimate of drug-likeness (QED) is 0.637. The molecule has 1 aliphatic heterocycles. The van der Waals surface area contributed by atoms with Crippen LogP contribution in [0.25, 0.3) is 0 Å². The number of imide groups is 2. The topological polar surface area (TPSA) is 104 Å². The van der Waals surface area contributed by atoms with E-state index in [1.54, 1.807) is 0 Å². The van der Waals surface area contributed by atoms with Gasteiger partial charge in [0.1, 0.15) is 5.41 Å². The SMILES string of the molecule is CN1C(=O)NC(=O)C(C)(CCC(=O)O)C1=O. The molecular formula is C9H12N2O5. The molecule has 7 nitrogen and oxygen atoms in total. The highest BCUT2D eigenvalue weighted by Gasteiger charge is 2.48. The Bertz CT molecular complexity index is 378. The molecule has 0 aromatic carbocycles. The summed E-state index contributed by atoms with van der Waals surface area (Å²) in [5.74, 6) is -2.52. The van der Waals surface area contributed by atoms with Crippen LogP contribution in [0, 0.1) is 5.41 Å². The molecule has 1 aliphatic rings. The second-order valence-electron chi connectivity index (χ2n) is 3.85. The fourth-order valence-electron chi connectivity index (χ4n) is 1.46. The zero-order valence-electron chi connectivity index (χ0n) is 8.94. The first-order chi connectivity index (χ1) is 7.29. The van der Waals surface area contributed by atoms with E-state index in [0.717, 1.165) is 4.90 Å². The summed E-state index contributed by atoms with van der Waals surface area (Å²) in [6, 6.07) is -0.789. The van der Waals surface area contributed by atoms with E-state index >= 15 is 0 Å². The molecule has 1 rings (SSSR count). The van der Waals surface area contributed by atoms with Gasteiger partial charge in [-0.2, -0.15) is 0 Å². The predicted molar refractivity (Wildman–Crippen MR) is 51.3 cm³/mol. The number of amides is 4. The highest BCUT2D eigenvalue weighted by molar-refractivity contribution is 6.18. The Kier molecular flexibility index (Phi) is 2.97. The van der Waals surface area contributed by atoms with Gasteiger partial charge in [-0.05, 0) is 13.3 Å². The minimum absolute atomic E-state index is 0.134. The standard InChI is InChI=1S/C9H12N2O5/c1-9(4-3-5(12)13)6(14)10-8(16)11(2)7(9)15/h3-4H2,1-2H3,(H,12,13)(H,10,14,16). The van der Waals surface area contributed by atoms with E-state index in [9.17, 15) is 19.2 Å². The van der Waals surface area contributed by atoms with Crippen molar-refractivity contribution < 1.29 is 24.3 Å².